The van der Waals surface area contributed by atoms with Gasteiger partial charge in [0.25, 0.3) is 0 Å². The third-order valence-electron chi connectivity index (χ3n) is 4.61. The normalized spacial score (nSPS) is 14.6. The second-order valence-electron chi connectivity index (χ2n) is 8.40. The Balaban J connectivity index is 3.62. The summed E-state index contributed by atoms with van der Waals surface area (Å²) in [5, 5.41) is 13.0. The summed E-state index contributed by atoms with van der Waals surface area (Å²) in [6, 6.07) is -0.254. The molecule has 0 rings (SSSR count). The molecule has 148 valence electrons. The van der Waals surface area contributed by atoms with E-state index in [9.17, 15) is 9.90 Å². The Morgan fingerprint density at radius 3 is 1.92 bits per heavy atom. The lowest BCUT2D eigenvalue weighted by molar-refractivity contribution is -0.129. The number of aliphatic hydroxyl groups excluding tert-OH is 1. The number of hydrogen-bond acceptors (Lipinski definition) is 2. The molecule has 25 heavy (non-hydrogen) atoms. The van der Waals surface area contributed by atoms with Crippen molar-refractivity contribution >= 4 is 5.91 Å². The van der Waals surface area contributed by atoms with Crippen molar-refractivity contribution in [2.24, 2.45) is 5.41 Å². The van der Waals surface area contributed by atoms with Crippen molar-refractivity contribution in [3.05, 3.63) is 12.2 Å². The Kier molecular flexibility index (Phi) is 13.9. The SMILES string of the molecule is CCCCCCCCCCCC/C=C/[C@@H](O)[C@H](C)NC(=O)C(C)(C)C. The molecule has 0 aromatic heterocycles. The van der Waals surface area contributed by atoms with Gasteiger partial charge in [-0.3, -0.25) is 4.79 Å². The van der Waals surface area contributed by atoms with Crippen LogP contribution in [-0.2, 0) is 4.79 Å². The molecule has 0 saturated carbocycles. The number of nitrogens with one attached hydrogen (secondary N) is 1. The van der Waals surface area contributed by atoms with Crippen molar-refractivity contribution in [1.82, 2.24) is 5.32 Å². The molecule has 0 spiro atoms. The molecule has 1 amide bonds. The summed E-state index contributed by atoms with van der Waals surface area (Å²) in [5.41, 5.74) is -0.423. The average Bonchev–Trinajstić information content (AvgIpc) is 2.54. The van der Waals surface area contributed by atoms with Gasteiger partial charge in [0.2, 0.25) is 5.91 Å². The minimum atomic E-state index is -0.616. The Bertz CT molecular complexity index is 358. The molecule has 2 atom stereocenters. The van der Waals surface area contributed by atoms with Crippen LogP contribution >= 0.6 is 0 Å². The molecule has 0 bridgehead atoms. The molecule has 0 aliphatic carbocycles. The maximum Gasteiger partial charge on any atom is 0.225 e. The van der Waals surface area contributed by atoms with Crippen LogP contribution in [0, 0.1) is 5.41 Å². The number of amides is 1. The Morgan fingerprint density at radius 1 is 0.960 bits per heavy atom. The minimum Gasteiger partial charge on any atom is -0.387 e. The summed E-state index contributed by atoms with van der Waals surface area (Å²) in [7, 11) is 0. The Morgan fingerprint density at radius 2 is 1.44 bits per heavy atom. The number of aliphatic hydroxyl groups is 1. The van der Waals surface area contributed by atoms with Gasteiger partial charge in [0.15, 0.2) is 0 Å². The first-order valence-corrected chi connectivity index (χ1v) is 10.4. The molecule has 2 N–H and O–H groups in total. The fourth-order valence-corrected chi connectivity index (χ4v) is 2.66. The number of allylic oxidation sites excluding steroid dienone is 1. The number of carbonyl (C=O) groups excluding carboxylic acids is 1. The van der Waals surface area contributed by atoms with Gasteiger partial charge in [0, 0.05) is 5.41 Å². The van der Waals surface area contributed by atoms with Gasteiger partial charge in [-0.2, -0.15) is 0 Å². The highest BCUT2D eigenvalue weighted by molar-refractivity contribution is 5.81. The maximum atomic E-state index is 11.9. The number of unbranched alkanes of at least 4 members (excludes halogenated alkanes) is 10. The number of hydrogen-bond donors (Lipinski definition) is 2. The zero-order chi connectivity index (χ0) is 19.1. The summed E-state index contributed by atoms with van der Waals surface area (Å²) in [6.07, 6.45) is 17.7. The van der Waals surface area contributed by atoms with E-state index in [1.165, 1.54) is 64.2 Å². The molecule has 0 aliphatic heterocycles. The summed E-state index contributed by atoms with van der Waals surface area (Å²) in [6.45, 7) is 9.74. The second-order valence-corrected chi connectivity index (χ2v) is 8.40. The van der Waals surface area contributed by atoms with E-state index < -0.39 is 11.5 Å². The standard InChI is InChI=1S/C22H43NO2/c1-6-7-8-9-10-11-12-13-14-15-16-17-18-20(24)19(2)23-21(25)22(3,4)5/h17-20,24H,6-16H2,1-5H3,(H,23,25)/b18-17+/t19-,20+/m0/s1. The number of carbonyl (C=O) groups is 1. The van der Waals surface area contributed by atoms with E-state index in [0.717, 1.165) is 6.42 Å². The molecular formula is C22H43NO2. The lowest BCUT2D eigenvalue weighted by atomic mass is 9.95. The molecule has 0 heterocycles. The van der Waals surface area contributed by atoms with Gasteiger partial charge in [-0.15, -0.1) is 0 Å². The first kappa shape index (κ1) is 24.2. The fraction of sp³-hybridized carbons (Fsp3) is 0.864. The fourth-order valence-electron chi connectivity index (χ4n) is 2.66. The Labute approximate surface area is 156 Å². The minimum absolute atomic E-state index is 0.0258. The molecule has 3 heteroatoms. The molecular weight excluding hydrogens is 310 g/mol. The van der Waals surface area contributed by atoms with Gasteiger partial charge >= 0.3 is 0 Å². The average molecular weight is 354 g/mol. The van der Waals surface area contributed by atoms with Crippen LogP contribution in [0.1, 0.15) is 105 Å². The topological polar surface area (TPSA) is 49.3 Å². The van der Waals surface area contributed by atoms with Crippen molar-refractivity contribution in [2.75, 3.05) is 0 Å². The molecule has 0 fully saturated rings. The van der Waals surface area contributed by atoms with Crippen LogP contribution in [0.2, 0.25) is 0 Å². The molecule has 0 saturated heterocycles. The van der Waals surface area contributed by atoms with Gasteiger partial charge in [-0.05, 0) is 19.8 Å². The predicted molar refractivity (Wildman–Crippen MR) is 109 cm³/mol. The summed E-state index contributed by atoms with van der Waals surface area (Å²) >= 11 is 0. The highest BCUT2D eigenvalue weighted by Gasteiger charge is 2.24. The van der Waals surface area contributed by atoms with Crippen LogP contribution in [0.5, 0.6) is 0 Å². The van der Waals surface area contributed by atoms with E-state index in [2.05, 4.69) is 18.3 Å². The van der Waals surface area contributed by atoms with Crippen molar-refractivity contribution < 1.29 is 9.90 Å². The second kappa shape index (κ2) is 14.4. The van der Waals surface area contributed by atoms with E-state index in [0.29, 0.717) is 0 Å². The van der Waals surface area contributed by atoms with Crippen LogP contribution in [-0.4, -0.2) is 23.2 Å². The van der Waals surface area contributed by atoms with Gasteiger partial charge < -0.3 is 10.4 Å². The van der Waals surface area contributed by atoms with Gasteiger partial charge in [0.1, 0.15) is 0 Å². The molecule has 0 aromatic rings. The van der Waals surface area contributed by atoms with Crippen LogP contribution in [0.25, 0.3) is 0 Å². The predicted octanol–water partition coefficient (Wildman–Crippen LogP) is 5.77. The molecule has 0 radical (unpaired) electrons. The summed E-state index contributed by atoms with van der Waals surface area (Å²) < 4.78 is 0. The van der Waals surface area contributed by atoms with E-state index >= 15 is 0 Å². The van der Waals surface area contributed by atoms with Gasteiger partial charge in [0.05, 0.1) is 12.1 Å². The highest BCUT2D eigenvalue weighted by Crippen LogP contribution is 2.14. The lowest BCUT2D eigenvalue weighted by Crippen LogP contribution is -2.45. The van der Waals surface area contributed by atoms with E-state index in [1.807, 2.05) is 33.8 Å². The first-order chi connectivity index (χ1) is 11.8. The van der Waals surface area contributed by atoms with Crippen molar-refractivity contribution in [3.8, 4) is 0 Å². The van der Waals surface area contributed by atoms with E-state index in [-0.39, 0.29) is 11.9 Å². The van der Waals surface area contributed by atoms with Gasteiger partial charge in [-0.25, -0.2) is 0 Å². The van der Waals surface area contributed by atoms with Crippen molar-refractivity contribution in [3.63, 3.8) is 0 Å². The quantitative estimate of drug-likeness (QED) is 0.308. The molecule has 3 nitrogen and oxygen atoms in total. The van der Waals surface area contributed by atoms with Crippen LogP contribution in [0.4, 0.5) is 0 Å². The molecule has 0 unspecified atom stereocenters. The van der Waals surface area contributed by atoms with Crippen LogP contribution in [0.15, 0.2) is 12.2 Å². The van der Waals surface area contributed by atoms with Crippen LogP contribution < -0.4 is 5.32 Å². The zero-order valence-corrected chi connectivity index (χ0v) is 17.4. The third kappa shape index (κ3) is 14.1. The summed E-state index contributed by atoms with van der Waals surface area (Å²) in [5.74, 6) is -0.0258. The van der Waals surface area contributed by atoms with Crippen molar-refractivity contribution in [1.29, 1.82) is 0 Å². The van der Waals surface area contributed by atoms with Gasteiger partial charge in [-0.1, -0.05) is 97.6 Å². The molecule has 0 aliphatic rings. The maximum absolute atomic E-state index is 11.9. The third-order valence-corrected chi connectivity index (χ3v) is 4.61. The van der Waals surface area contributed by atoms with E-state index in [1.54, 1.807) is 0 Å². The highest BCUT2D eigenvalue weighted by atomic mass is 16.3. The van der Waals surface area contributed by atoms with Crippen molar-refractivity contribution in [2.45, 2.75) is 117 Å². The lowest BCUT2D eigenvalue weighted by Gasteiger charge is -2.23. The first-order valence-electron chi connectivity index (χ1n) is 10.4. The van der Waals surface area contributed by atoms with E-state index in [4.69, 9.17) is 0 Å². The monoisotopic (exact) mass is 353 g/mol. The van der Waals surface area contributed by atoms with Crippen LogP contribution in [0.3, 0.4) is 0 Å². The smallest absolute Gasteiger partial charge is 0.225 e. The zero-order valence-electron chi connectivity index (χ0n) is 17.4. The number of rotatable bonds is 14. The largest absolute Gasteiger partial charge is 0.387 e. The Hall–Kier alpha value is -0.830. The summed E-state index contributed by atoms with van der Waals surface area (Å²) in [4.78, 5) is 11.9. The molecule has 0 aromatic carbocycles.